The Labute approximate surface area is 219 Å². The third-order valence-electron chi connectivity index (χ3n) is 8.37. The van der Waals surface area contributed by atoms with E-state index in [1.54, 1.807) is 0 Å². The number of rotatable bonds is 9. The van der Waals surface area contributed by atoms with Crippen molar-refractivity contribution in [1.29, 1.82) is 0 Å². The monoisotopic (exact) mass is 505 g/mol. The van der Waals surface area contributed by atoms with Crippen LogP contribution in [0.1, 0.15) is 62.0 Å². The zero-order chi connectivity index (χ0) is 25.6. The molecule has 7 heteroatoms. The highest BCUT2D eigenvalue weighted by Gasteiger charge is 2.30. The maximum atomic E-state index is 12.6. The van der Waals surface area contributed by atoms with E-state index in [2.05, 4.69) is 39.4 Å². The van der Waals surface area contributed by atoms with Crippen molar-refractivity contribution in [3.8, 4) is 11.1 Å². The molecule has 37 heavy (non-hydrogen) atoms. The number of carboxylic acids is 1. The highest BCUT2D eigenvalue weighted by Crippen LogP contribution is 2.44. The predicted molar refractivity (Wildman–Crippen MR) is 144 cm³/mol. The van der Waals surface area contributed by atoms with E-state index in [0.717, 1.165) is 48.3 Å². The van der Waals surface area contributed by atoms with Crippen LogP contribution in [0.4, 0.5) is 4.79 Å². The fourth-order valence-electron chi connectivity index (χ4n) is 6.35. The number of carboxylic acid groups (broad SMARTS) is 1. The summed E-state index contributed by atoms with van der Waals surface area (Å²) in [5.74, 6) is -1.06. The summed E-state index contributed by atoms with van der Waals surface area (Å²) < 4.78 is 5.56. The van der Waals surface area contributed by atoms with Crippen LogP contribution in [0.25, 0.3) is 11.1 Å². The van der Waals surface area contributed by atoms with Gasteiger partial charge in [-0.05, 0) is 93.5 Å². The Bertz CT molecular complexity index is 1030. The van der Waals surface area contributed by atoms with Crippen LogP contribution in [0.2, 0.25) is 0 Å². The second kappa shape index (κ2) is 12.1. The molecule has 2 saturated heterocycles. The standard InChI is InChI=1S/C30H39N3O4/c34-29(35)28(13-8-16-32-19-14-22(15-20-32)33-17-6-1-7-18-33)31-30(36)37-21-27-25-11-4-2-9-23(25)24-10-3-5-12-26(24)27/h2-5,9-12,22,27-28H,1,6-8,13-21H2,(H,31,36)(H,34,35)/t28-/m0/s1. The number of fused-ring (bicyclic) bond motifs is 3. The molecule has 2 N–H and O–H groups in total. The van der Waals surface area contributed by atoms with Crippen molar-refractivity contribution < 1.29 is 19.4 Å². The van der Waals surface area contributed by atoms with E-state index in [0.29, 0.717) is 12.5 Å². The van der Waals surface area contributed by atoms with Crippen LogP contribution in [0.15, 0.2) is 48.5 Å². The summed E-state index contributed by atoms with van der Waals surface area (Å²) in [6, 6.07) is 16.1. The number of nitrogens with zero attached hydrogens (tertiary/aromatic N) is 2. The molecule has 2 fully saturated rings. The molecule has 2 aliphatic heterocycles. The van der Waals surface area contributed by atoms with Gasteiger partial charge in [0.2, 0.25) is 0 Å². The van der Waals surface area contributed by atoms with Crippen LogP contribution < -0.4 is 5.32 Å². The van der Waals surface area contributed by atoms with Gasteiger partial charge in [0.25, 0.3) is 0 Å². The van der Waals surface area contributed by atoms with Gasteiger partial charge in [-0.2, -0.15) is 0 Å². The smallest absolute Gasteiger partial charge is 0.407 e. The maximum absolute atomic E-state index is 12.6. The van der Waals surface area contributed by atoms with E-state index >= 15 is 0 Å². The summed E-state index contributed by atoms with van der Waals surface area (Å²) in [4.78, 5) is 29.5. The third kappa shape index (κ3) is 6.16. The number of amides is 1. The number of likely N-dealkylation sites (tertiary alicyclic amines) is 2. The quantitative estimate of drug-likeness (QED) is 0.514. The lowest BCUT2D eigenvalue weighted by Crippen LogP contribution is -2.47. The molecule has 0 aromatic heterocycles. The molecule has 0 saturated carbocycles. The number of aliphatic carboxylic acids is 1. The van der Waals surface area contributed by atoms with Gasteiger partial charge in [-0.1, -0.05) is 55.0 Å². The first-order valence-corrected chi connectivity index (χ1v) is 13.9. The molecular weight excluding hydrogens is 466 g/mol. The number of alkyl carbamates (subject to hydrolysis) is 1. The van der Waals surface area contributed by atoms with Crippen molar-refractivity contribution in [3.63, 3.8) is 0 Å². The molecule has 2 aromatic carbocycles. The van der Waals surface area contributed by atoms with Crippen LogP contribution in [0.5, 0.6) is 0 Å². The lowest BCUT2D eigenvalue weighted by Gasteiger charge is -2.40. The minimum absolute atomic E-state index is 0.0470. The van der Waals surface area contributed by atoms with Gasteiger partial charge in [0.1, 0.15) is 12.6 Å². The summed E-state index contributed by atoms with van der Waals surface area (Å²) in [5, 5.41) is 12.3. The van der Waals surface area contributed by atoms with E-state index in [4.69, 9.17) is 4.74 Å². The highest BCUT2D eigenvalue weighted by atomic mass is 16.5. The molecule has 0 bridgehead atoms. The molecular formula is C30H39N3O4. The van der Waals surface area contributed by atoms with Gasteiger partial charge in [-0.15, -0.1) is 0 Å². The largest absolute Gasteiger partial charge is 0.480 e. The Morgan fingerprint density at radius 2 is 1.54 bits per heavy atom. The summed E-state index contributed by atoms with van der Waals surface area (Å²) in [5.41, 5.74) is 4.59. The summed E-state index contributed by atoms with van der Waals surface area (Å²) >= 11 is 0. The van der Waals surface area contributed by atoms with Gasteiger partial charge < -0.3 is 25.0 Å². The average Bonchev–Trinajstić information content (AvgIpc) is 3.26. The average molecular weight is 506 g/mol. The molecule has 7 nitrogen and oxygen atoms in total. The number of ether oxygens (including phenoxy) is 1. The summed E-state index contributed by atoms with van der Waals surface area (Å²) in [6.45, 7) is 5.66. The van der Waals surface area contributed by atoms with Crippen LogP contribution in [-0.2, 0) is 9.53 Å². The molecule has 0 unspecified atom stereocenters. The van der Waals surface area contributed by atoms with Crippen molar-refractivity contribution in [2.24, 2.45) is 0 Å². The van der Waals surface area contributed by atoms with Crippen LogP contribution >= 0.6 is 0 Å². The second-order valence-corrected chi connectivity index (χ2v) is 10.7. The lowest BCUT2D eigenvalue weighted by atomic mass is 9.98. The molecule has 198 valence electrons. The number of benzene rings is 2. The van der Waals surface area contributed by atoms with Gasteiger partial charge >= 0.3 is 12.1 Å². The lowest BCUT2D eigenvalue weighted by molar-refractivity contribution is -0.139. The molecule has 5 rings (SSSR count). The van der Waals surface area contributed by atoms with E-state index < -0.39 is 18.1 Å². The van der Waals surface area contributed by atoms with E-state index in [-0.39, 0.29) is 12.5 Å². The Morgan fingerprint density at radius 3 is 2.16 bits per heavy atom. The fourth-order valence-corrected chi connectivity index (χ4v) is 6.35. The highest BCUT2D eigenvalue weighted by molar-refractivity contribution is 5.81. The zero-order valence-corrected chi connectivity index (χ0v) is 21.6. The number of carbonyl (C=O) groups excluding carboxylic acids is 1. The number of hydrogen-bond acceptors (Lipinski definition) is 5. The number of carbonyl (C=O) groups is 2. The minimum atomic E-state index is -1.02. The Kier molecular flexibility index (Phi) is 8.41. The first-order valence-electron chi connectivity index (χ1n) is 13.9. The topological polar surface area (TPSA) is 82.1 Å². The third-order valence-corrected chi connectivity index (χ3v) is 8.37. The van der Waals surface area contributed by atoms with Crippen molar-refractivity contribution in [3.05, 3.63) is 59.7 Å². The van der Waals surface area contributed by atoms with E-state index in [1.165, 1.54) is 45.2 Å². The maximum Gasteiger partial charge on any atom is 0.407 e. The van der Waals surface area contributed by atoms with Gasteiger partial charge in [0, 0.05) is 12.0 Å². The first-order chi connectivity index (χ1) is 18.1. The molecule has 1 atom stereocenters. The van der Waals surface area contributed by atoms with Gasteiger partial charge in [-0.3, -0.25) is 0 Å². The normalized spacial score (nSPS) is 19.7. The van der Waals surface area contributed by atoms with Gasteiger partial charge in [0.05, 0.1) is 0 Å². The Hall–Kier alpha value is -2.90. The summed E-state index contributed by atoms with van der Waals surface area (Å²) in [7, 11) is 0. The SMILES string of the molecule is O=C(N[C@@H](CCCN1CCC(N2CCCCC2)CC1)C(=O)O)OCC1c2ccccc2-c2ccccc21. The van der Waals surface area contributed by atoms with Crippen LogP contribution in [0, 0.1) is 0 Å². The molecule has 1 amide bonds. The van der Waals surface area contributed by atoms with E-state index in [1.807, 2.05) is 24.3 Å². The molecule has 0 spiro atoms. The zero-order valence-electron chi connectivity index (χ0n) is 21.6. The number of nitrogens with one attached hydrogen (secondary N) is 1. The van der Waals surface area contributed by atoms with Crippen molar-refractivity contribution in [2.75, 3.05) is 39.3 Å². The van der Waals surface area contributed by atoms with Crippen molar-refractivity contribution in [1.82, 2.24) is 15.1 Å². The van der Waals surface area contributed by atoms with E-state index in [9.17, 15) is 14.7 Å². The summed E-state index contributed by atoms with van der Waals surface area (Å²) in [6.07, 6.45) is 6.86. The Balaban J connectivity index is 1.06. The molecule has 2 heterocycles. The second-order valence-electron chi connectivity index (χ2n) is 10.7. The fraction of sp³-hybridized carbons (Fsp3) is 0.533. The predicted octanol–water partition coefficient (Wildman–Crippen LogP) is 4.71. The minimum Gasteiger partial charge on any atom is -0.480 e. The number of hydrogen-bond donors (Lipinski definition) is 2. The molecule has 0 radical (unpaired) electrons. The molecule has 1 aliphatic carbocycles. The van der Waals surface area contributed by atoms with Gasteiger partial charge in [0.15, 0.2) is 0 Å². The van der Waals surface area contributed by atoms with Crippen LogP contribution in [0.3, 0.4) is 0 Å². The molecule has 3 aliphatic rings. The Morgan fingerprint density at radius 1 is 0.919 bits per heavy atom. The molecule has 2 aromatic rings. The van der Waals surface area contributed by atoms with Crippen LogP contribution in [-0.4, -0.2) is 78.4 Å². The van der Waals surface area contributed by atoms with Crippen molar-refractivity contribution >= 4 is 12.1 Å². The van der Waals surface area contributed by atoms with Crippen molar-refractivity contribution in [2.45, 2.75) is 62.9 Å². The number of piperidine rings is 2. The first kappa shape index (κ1) is 25.7. The van der Waals surface area contributed by atoms with Gasteiger partial charge in [-0.25, -0.2) is 9.59 Å².